The summed E-state index contributed by atoms with van der Waals surface area (Å²) in [5.74, 6) is -0.709. The molecule has 0 aliphatic heterocycles. The second-order valence-corrected chi connectivity index (χ2v) is 6.37. The van der Waals surface area contributed by atoms with E-state index in [1.807, 2.05) is 24.3 Å². The zero-order valence-electron chi connectivity index (χ0n) is 11.1. The van der Waals surface area contributed by atoms with Gasteiger partial charge in [-0.2, -0.15) is 0 Å². The molecule has 2 rings (SSSR count). The summed E-state index contributed by atoms with van der Waals surface area (Å²) < 4.78 is 27.6. The fourth-order valence-electron chi connectivity index (χ4n) is 2.36. The highest BCUT2D eigenvalue weighted by Crippen LogP contribution is 2.36. The second kappa shape index (κ2) is 7.08. The van der Waals surface area contributed by atoms with Crippen LogP contribution in [0.5, 0.6) is 0 Å². The van der Waals surface area contributed by atoms with Crippen LogP contribution in [0.1, 0.15) is 11.1 Å². The van der Waals surface area contributed by atoms with Crippen molar-refractivity contribution in [3.63, 3.8) is 0 Å². The SMILES string of the molecule is Fc1cc(F)cc(CC(CCl)(CCl)c2ccccc2Br)c1. The minimum atomic E-state index is -0.602. The number of alkyl halides is 2. The highest BCUT2D eigenvalue weighted by molar-refractivity contribution is 9.10. The molecular formula is C16H13BrCl2F2. The van der Waals surface area contributed by atoms with Crippen molar-refractivity contribution in [2.45, 2.75) is 11.8 Å². The van der Waals surface area contributed by atoms with Crippen LogP contribution in [0.3, 0.4) is 0 Å². The first kappa shape index (κ1) is 16.7. The molecule has 21 heavy (non-hydrogen) atoms. The van der Waals surface area contributed by atoms with Gasteiger partial charge in [0.1, 0.15) is 11.6 Å². The van der Waals surface area contributed by atoms with Gasteiger partial charge in [-0.1, -0.05) is 34.1 Å². The van der Waals surface area contributed by atoms with Crippen molar-refractivity contribution in [1.29, 1.82) is 0 Å². The van der Waals surface area contributed by atoms with Gasteiger partial charge in [0, 0.05) is 27.7 Å². The summed E-state index contributed by atoms with van der Waals surface area (Å²) >= 11 is 15.8. The molecule has 0 N–H and O–H groups in total. The van der Waals surface area contributed by atoms with Crippen molar-refractivity contribution in [3.8, 4) is 0 Å². The fourth-order valence-corrected chi connectivity index (χ4v) is 3.83. The average molecular weight is 394 g/mol. The summed E-state index contributed by atoms with van der Waals surface area (Å²) in [5.41, 5.74) is 0.868. The smallest absolute Gasteiger partial charge is 0.126 e. The Labute approximate surface area is 141 Å². The number of rotatable bonds is 5. The Balaban J connectivity index is 2.45. The van der Waals surface area contributed by atoms with E-state index in [1.165, 1.54) is 12.1 Å². The minimum Gasteiger partial charge on any atom is -0.207 e. The van der Waals surface area contributed by atoms with E-state index in [-0.39, 0.29) is 11.8 Å². The van der Waals surface area contributed by atoms with E-state index in [4.69, 9.17) is 23.2 Å². The molecule has 0 amide bonds. The normalized spacial score (nSPS) is 11.7. The Hall–Kier alpha value is -0.640. The number of halogens is 5. The van der Waals surface area contributed by atoms with Crippen molar-refractivity contribution in [2.24, 2.45) is 0 Å². The lowest BCUT2D eigenvalue weighted by Crippen LogP contribution is -2.33. The molecule has 0 nitrogen and oxygen atoms in total. The summed E-state index contributed by atoms with van der Waals surface area (Å²) in [7, 11) is 0. The minimum absolute atomic E-state index is 0.247. The van der Waals surface area contributed by atoms with E-state index >= 15 is 0 Å². The number of benzene rings is 2. The van der Waals surface area contributed by atoms with E-state index < -0.39 is 17.0 Å². The van der Waals surface area contributed by atoms with Gasteiger partial charge in [-0.15, -0.1) is 23.2 Å². The Morgan fingerprint density at radius 3 is 2.05 bits per heavy atom. The Morgan fingerprint density at radius 1 is 0.952 bits per heavy atom. The summed E-state index contributed by atoms with van der Waals surface area (Å²) in [6.07, 6.45) is 0.358. The van der Waals surface area contributed by atoms with E-state index in [9.17, 15) is 8.78 Å². The van der Waals surface area contributed by atoms with Crippen LogP contribution in [-0.4, -0.2) is 11.8 Å². The van der Waals surface area contributed by atoms with Crippen LogP contribution in [0, 0.1) is 11.6 Å². The maximum atomic E-state index is 13.4. The van der Waals surface area contributed by atoms with Crippen LogP contribution in [0.15, 0.2) is 46.9 Å². The van der Waals surface area contributed by atoms with Crippen molar-refractivity contribution in [1.82, 2.24) is 0 Å². The van der Waals surface area contributed by atoms with Crippen molar-refractivity contribution >= 4 is 39.1 Å². The first-order valence-electron chi connectivity index (χ1n) is 6.33. The van der Waals surface area contributed by atoms with E-state index in [0.717, 1.165) is 16.1 Å². The molecule has 0 aliphatic rings. The zero-order chi connectivity index (χ0) is 15.5. The third kappa shape index (κ3) is 3.77. The van der Waals surface area contributed by atoms with Crippen LogP contribution in [-0.2, 0) is 11.8 Å². The van der Waals surface area contributed by atoms with E-state index in [1.54, 1.807) is 0 Å². The molecule has 2 aromatic carbocycles. The highest BCUT2D eigenvalue weighted by atomic mass is 79.9. The van der Waals surface area contributed by atoms with Crippen LogP contribution < -0.4 is 0 Å². The monoisotopic (exact) mass is 392 g/mol. The van der Waals surface area contributed by atoms with Gasteiger partial charge in [0.2, 0.25) is 0 Å². The van der Waals surface area contributed by atoms with Crippen LogP contribution in [0.25, 0.3) is 0 Å². The number of hydrogen-bond donors (Lipinski definition) is 0. The van der Waals surface area contributed by atoms with Gasteiger partial charge in [-0.3, -0.25) is 0 Å². The maximum Gasteiger partial charge on any atom is 0.126 e. The van der Waals surface area contributed by atoms with Gasteiger partial charge >= 0.3 is 0 Å². The molecule has 0 bridgehead atoms. The van der Waals surface area contributed by atoms with E-state index in [2.05, 4.69) is 15.9 Å². The molecule has 2 aromatic rings. The predicted molar refractivity (Wildman–Crippen MR) is 87.3 cm³/mol. The Bertz CT molecular complexity index is 607. The van der Waals surface area contributed by atoms with Crippen molar-refractivity contribution < 1.29 is 8.78 Å². The van der Waals surface area contributed by atoms with Gasteiger partial charge in [-0.05, 0) is 35.7 Å². The fraction of sp³-hybridized carbons (Fsp3) is 0.250. The lowest BCUT2D eigenvalue weighted by atomic mass is 9.78. The molecule has 0 spiro atoms. The molecule has 112 valence electrons. The van der Waals surface area contributed by atoms with Crippen LogP contribution in [0.2, 0.25) is 0 Å². The summed E-state index contributed by atoms with van der Waals surface area (Å²) in [4.78, 5) is 0. The summed E-state index contributed by atoms with van der Waals surface area (Å²) in [5, 5.41) is 0. The standard InChI is InChI=1S/C16H13BrCl2F2/c17-15-4-2-1-3-14(15)16(9-18,10-19)8-11-5-12(20)7-13(21)6-11/h1-7H,8-10H2. The molecule has 0 fully saturated rings. The molecule has 5 heteroatoms. The first-order chi connectivity index (χ1) is 10.0. The van der Waals surface area contributed by atoms with E-state index in [0.29, 0.717) is 12.0 Å². The summed E-state index contributed by atoms with van der Waals surface area (Å²) in [6, 6.07) is 11.1. The Morgan fingerprint density at radius 2 is 1.52 bits per heavy atom. The molecule has 0 atom stereocenters. The first-order valence-corrected chi connectivity index (χ1v) is 8.19. The zero-order valence-corrected chi connectivity index (χ0v) is 14.2. The predicted octanol–water partition coefficient (Wildman–Crippen LogP) is 5.69. The number of hydrogen-bond acceptors (Lipinski definition) is 0. The third-order valence-corrected chi connectivity index (χ3v) is 5.14. The largest absolute Gasteiger partial charge is 0.207 e. The van der Waals surface area contributed by atoms with Crippen LogP contribution >= 0.6 is 39.1 Å². The van der Waals surface area contributed by atoms with Crippen molar-refractivity contribution in [2.75, 3.05) is 11.8 Å². The van der Waals surface area contributed by atoms with Gasteiger partial charge in [0.15, 0.2) is 0 Å². The quantitative estimate of drug-likeness (QED) is 0.572. The third-order valence-electron chi connectivity index (χ3n) is 3.42. The summed E-state index contributed by atoms with van der Waals surface area (Å²) in [6.45, 7) is 0. The molecule has 0 aliphatic carbocycles. The lowest BCUT2D eigenvalue weighted by Gasteiger charge is -2.31. The van der Waals surface area contributed by atoms with Crippen molar-refractivity contribution in [3.05, 3.63) is 69.7 Å². The molecule has 0 radical (unpaired) electrons. The molecule has 0 unspecified atom stereocenters. The molecule has 0 aromatic heterocycles. The van der Waals surface area contributed by atoms with Gasteiger partial charge in [0.05, 0.1) is 0 Å². The maximum absolute atomic E-state index is 13.4. The average Bonchev–Trinajstić information content (AvgIpc) is 2.44. The second-order valence-electron chi connectivity index (χ2n) is 4.98. The van der Waals surface area contributed by atoms with Gasteiger partial charge in [0.25, 0.3) is 0 Å². The van der Waals surface area contributed by atoms with Gasteiger partial charge < -0.3 is 0 Å². The highest BCUT2D eigenvalue weighted by Gasteiger charge is 2.33. The van der Waals surface area contributed by atoms with Crippen LogP contribution in [0.4, 0.5) is 8.78 Å². The molecule has 0 saturated carbocycles. The lowest BCUT2D eigenvalue weighted by molar-refractivity contribution is 0.523. The topological polar surface area (TPSA) is 0 Å². The molecule has 0 saturated heterocycles. The molecule has 0 heterocycles. The Kier molecular flexibility index (Phi) is 5.64. The molecular weight excluding hydrogens is 381 g/mol. The van der Waals surface area contributed by atoms with Gasteiger partial charge in [-0.25, -0.2) is 8.78 Å².